The molecule has 0 amide bonds. The van der Waals surface area contributed by atoms with E-state index >= 15 is 0 Å². The van der Waals surface area contributed by atoms with Crippen LogP contribution in [0.4, 0.5) is 5.00 Å². The Kier molecular flexibility index (Phi) is 2.44. The van der Waals surface area contributed by atoms with Crippen molar-refractivity contribution in [2.24, 2.45) is 0 Å². The summed E-state index contributed by atoms with van der Waals surface area (Å²) in [6.07, 6.45) is 2.98. The van der Waals surface area contributed by atoms with Crippen LogP contribution >= 0.6 is 11.3 Å². The number of aromatic nitrogens is 2. The highest BCUT2D eigenvalue weighted by Gasteiger charge is 2.22. The number of nitrogens with two attached hydrogens (primary N) is 1. The van der Waals surface area contributed by atoms with Gasteiger partial charge in [0.1, 0.15) is 0 Å². The van der Waals surface area contributed by atoms with E-state index in [-0.39, 0.29) is 5.56 Å². The van der Waals surface area contributed by atoms with Gasteiger partial charge in [0.05, 0.1) is 21.8 Å². The second-order valence-electron chi connectivity index (χ2n) is 4.99. The van der Waals surface area contributed by atoms with Gasteiger partial charge in [0.2, 0.25) is 0 Å². The van der Waals surface area contributed by atoms with Crippen molar-refractivity contribution in [2.75, 3.05) is 5.73 Å². The predicted octanol–water partition coefficient (Wildman–Crippen LogP) is 2.52. The van der Waals surface area contributed by atoms with Crippen molar-refractivity contribution in [1.29, 1.82) is 0 Å². The second-order valence-corrected chi connectivity index (χ2v) is 6.13. The van der Waals surface area contributed by atoms with Gasteiger partial charge in [0.15, 0.2) is 0 Å². The summed E-state index contributed by atoms with van der Waals surface area (Å²) in [7, 11) is 0. The number of rotatable bonds is 1. The van der Waals surface area contributed by atoms with Gasteiger partial charge in [-0.3, -0.25) is 4.79 Å². The molecule has 0 bridgehead atoms. The fourth-order valence-electron chi connectivity index (χ4n) is 2.85. The highest BCUT2D eigenvalue weighted by molar-refractivity contribution is 7.17. The zero-order chi connectivity index (χ0) is 13.7. The van der Waals surface area contributed by atoms with Crippen molar-refractivity contribution in [3.05, 3.63) is 51.3 Å². The van der Waals surface area contributed by atoms with Crippen molar-refractivity contribution in [2.45, 2.75) is 19.3 Å². The molecule has 2 heterocycles. The Hall–Kier alpha value is -2.14. The SMILES string of the molecule is Nc1sc2c3c(nn(-c4ccccc4)c(=O)c13)CCC2. The molecular formula is C15H13N3OS. The fraction of sp³-hybridized carbons (Fsp3) is 0.200. The number of para-hydroxylation sites is 1. The maximum Gasteiger partial charge on any atom is 0.282 e. The molecule has 20 heavy (non-hydrogen) atoms. The molecule has 4 rings (SSSR count). The third-order valence-electron chi connectivity index (χ3n) is 3.74. The molecule has 100 valence electrons. The molecule has 3 aromatic rings. The normalized spacial score (nSPS) is 13.8. The second kappa shape index (κ2) is 4.18. The van der Waals surface area contributed by atoms with Crippen molar-refractivity contribution >= 4 is 27.1 Å². The van der Waals surface area contributed by atoms with Crippen LogP contribution in [0.5, 0.6) is 0 Å². The summed E-state index contributed by atoms with van der Waals surface area (Å²) >= 11 is 1.54. The summed E-state index contributed by atoms with van der Waals surface area (Å²) in [5.41, 5.74) is 7.74. The lowest BCUT2D eigenvalue weighted by atomic mass is 10.0. The van der Waals surface area contributed by atoms with Crippen molar-refractivity contribution < 1.29 is 0 Å². The van der Waals surface area contributed by atoms with E-state index in [2.05, 4.69) is 5.10 Å². The Morgan fingerprint density at radius 2 is 1.95 bits per heavy atom. The molecule has 0 fully saturated rings. The highest BCUT2D eigenvalue weighted by atomic mass is 32.1. The molecule has 0 aliphatic heterocycles. The minimum absolute atomic E-state index is 0.114. The van der Waals surface area contributed by atoms with Gasteiger partial charge in [-0.25, -0.2) is 0 Å². The summed E-state index contributed by atoms with van der Waals surface area (Å²) in [5, 5.41) is 6.85. The van der Waals surface area contributed by atoms with Crippen molar-refractivity contribution in [3.8, 4) is 5.69 Å². The molecular weight excluding hydrogens is 270 g/mol. The maximum absolute atomic E-state index is 12.7. The Balaban J connectivity index is 2.13. The van der Waals surface area contributed by atoms with Crippen LogP contribution < -0.4 is 11.3 Å². The average molecular weight is 283 g/mol. The van der Waals surface area contributed by atoms with Gasteiger partial charge in [0.25, 0.3) is 5.56 Å². The first kappa shape index (κ1) is 11.7. The van der Waals surface area contributed by atoms with Crippen LogP contribution in [0.25, 0.3) is 16.5 Å². The van der Waals surface area contributed by atoms with Gasteiger partial charge in [-0.15, -0.1) is 11.3 Å². The van der Waals surface area contributed by atoms with Crippen LogP contribution in [0.2, 0.25) is 0 Å². The lowest BCUT2D eigenvalue weighted by molar-refractivity contribution is 0.725. The predicted molar refractivity (Wildman–Crippen MR) is 81.7 cm³/mol. The minimum atomic E-state index is -0.114. The molecule has 2 N–H and O–H groups in total. The number of hydrogen-bond acceptors (Lipinski definition) is 4. The number of hydrogen-bond donors (Lipinski definition) is 1. The van der Waals surface area contributed by atoms with Crippen molar-refractivity contribution in [3.63, 3.8) is 0 Å². The Morgan fingerprint density at radius 3 is 2.75 bits per heavy atom. The van der Waals surface area contributed by atoms with Gasteiger partial charge in [0, 0.05) is 10.3 Å². The first-order valence-corrected chi connectivity index (χ1v) is 7.46. The summed E-state index contributed by atoms with van der Waals surface area (Å²) in [6, 6.07) is 9.51. The number of nitrogen functional groups attached to an aromatic ring is 1. The first-order valence-electron chi connectivity index (χ1n) is 6.64. The molecule has 0 saturated carbocycles. The largest absolute Gasteiger partial charge is 0.390 e. The van der Waals surface area contributed by atoms with Crippen LogP contribution in [-0.4, -0.2) is 9.78 Å². The van der Waals surface area contributed by atoms with E-state index in [1.165, 1.54) is 20.9 Å². The van der Waals surface area contributed by atoms with E-state index in [1.807, 2.05) is 30.3 Å². The van der Waals surface area contributed by atoms with E-state index in [1.54, 1.807) is 0 Å². The standard InChI is InChI=1S/C15H13N3OS/c16-14-13-12-10(7-4-8-11(12)20-14)17-18(15(13)19)9-5-2-1-3-6-9/h1-3,5-6H,4,7-8,16H2. The van der Waals surface area contributed by atoms with E-state index in [9.17, 15) is 4.79 Å². The number of nitrogens with zero attached hydrogens (tertiary/aromatic N) is 2. The highest BCUT2D eigenvalue weighted by Crippen LogP contribution is 2.37. The number of thiophene rings is 1. The fourth-order valence-corrected chi connectivity index (χ4v) is 3.97. The molecule has 0 saturated heterocycles. The molecule has 4 nitrogen and oxygen atoms in total. The smallest absolute Gasteiger partial charge is 0.282 e. The zero-order valence-corrected chi connectivity index (χ0v) is 11.6. The van der Waals surface area contributed by atoms with E-state index in [4.69, 9.17) is 5.73 Å². The van der Waals surface area contributed by atoms with Crippen LogP contribution in [0.3, 0.4) is 0 Å². The van der Waals surface area contributed by atoms with Gasteiger partial charge in [-0.1, -0.05) is 18.2 Å². The van der Waals surface area contributed by atoms with E-state index in [0.29, 0.717) is 10.4 Å². The summed E-state index contributed by atoms with van der Waals surface area (Å²) < 4.78 is 1.48. The average Bonchev–Trinajstić information content (AvgIpc) is 2.82. The third kappa shape index (κ3) is 1.53. The van der Waals surface area contributed by atoms with Crippen molar-refractivity contribution in [1.82, 2.24) is 9.78 Å². The number of anilines is 1. The summed E-state index contributed by atoms with van der Waals surface area (Å²) in [6.45, 7) is 0. The maximum atomic E-state index is 12.7. The third-order valence-corrected chi connectivity index (χ3v) is 4.82. The molecule has 5 heteroatoms. The topological polar surface area (TPSA) is 60.9 Å². The summed E-state index contributed by atoms with van der Waals surface area (Å²) in [5.74, 6) is 0. The lowest BCUT2D eigenvalue weighted by Gasteiger charge is -2.13. The van der Waals surface area contributed by atoms with E-state index < -0.39 is 0 Å². The molecule has 1 aromatic carbocycles. The van der Waals surface area contributed by atoms with Crippen LogP contribution in [0.15, 0.2) is 35.1 Å². The Morgan fingerprint density at radius 1 is 1.15 bits per heavy atom. The molecule has 0 unspecified atom stereocenters. The quantitative estimate of drug-likeness (QED) is 0.746. The van der Waals surface area contributed by atoms with Gasteiger partial charge in [-0.05, 0) is 31.4 Å². The zero-order valence-electron chi connectivity index (χ0n) is 10.8. The van der Waals surface area contributed by atoms with Gasteiger partial charge < -0.3 is 5.73 Å². The van der Waals surface area contributed by atoms with Crippen LogP contribution in [-0.2, 0) is 12.8 Å². The minimum Gasteiger partial charge on any atom is -0.390 e. The van der Waals surface area contributed by atoms with Gasteiger partial charge >= 0.3 is 0 Å². The molecule has 0 radical (unpaired) electrons. The Bertz CT molecular complexity index is 864. The first-order chi connectivity index (χ1) is 9.75. The Labute approximate surface area is 119 Å². The summed E-state index contributed by atoms with van der Waals surface area (Å²) in [4.78, 5) is 13.9. The lowest BCUT2D eigenvalue weighted by Crippen LogP contribution is -2.24. The van der Waals surface area contributed by atoms with E-state index in [0.717, 1.165) is 36.0 Å². The van der Waals surface area contributed by atoms with Crippen LogP contribution in [0, 0.1) is 0 Å². The molecule has 1 aliphatic carbocycles. The van der Waals surface area contributed by atoms with Gasteiger partial charge in [-0.2, -0.15) is 9.78 Å². The number of aryl methyl sites for hydroxylation is 2. The molecule has 0 atom stereocenters. The monoisotopic (exact) mass is 283 g/mol. The molecule has 0 spiro atoms. The molecule has 2 aromatic heterocycles. The number of benzene rings is 1. The van der Waals surface area contributed by atoms with Crippen LogP contribution in [0.1, 0.15) is 17.0 Å². The molecule has 1 aliphatic rings.